The Labute approximate surface area is 125 Å². The van der Waals surface area contributed by atoms with Crippen molar-refractivity contribution in [3.8, 4) is 5.75 Å². The van der Waals surface area contributed by atoms with Crippen LogP contribution in [-0.2, 0) is 6.42 Å². The van der Waals surface area contributed by atoms with Crippen LogP contribution in [0.25, 0.3) is 0 Å². The second-order valence-electron chi connectivity index (χ2n) is 7.56. The number of benzene rings is 1. The van der Waals surface area contributed by atoms with Crippen molar-refractivity contribution in [3.63, 3.8) is 0 Å². The maximum atomic E-state index is 13.8. The van der Waals surface area contributed by atoms with Crippen molar-refractivity contribution >= 4 is 0 Å². The van der Waals surface area contributed by atoms with Gasteiger partial charge in [0.15, 0.2) is 11.6 Å². The molecule has 4 rings (SSSR count). The second-order valence-corrected chi connectivity index (χ2v) is 7.56. The molecule has 0 aromatic heterocycles. The molecule has 0 aliphatic heterocycles. The van der Waals surface area contributed by atoms with Crippen LogP contribution in [0.1, 0.15) is 56.1 Å². The van der Waals surface area contributed by atoms with Gasteiger partial charge in [-0.3, -0.25) is 0 Å². The summed E-state index contributed by atoms with van der Waals surface area (Å²) in [5, 5.41) is 19.9. The lowest BCUT2D eigenvalue weighted by Crippen LogP contribution is -2.43. The van der Waals surface area contributed by atoms with E-state index in [4.69, 9.17) is 0 Å². The molecule has 1 aromatic carbocycles. The molecule has 2 fully saturated rings. The van der Waals surface area contributed by atoms with Crippen LogP contribution in [0.2, 0.25) is 0 Å². The predicted octanol–water partition coefficient (Wildman–Crippen LogP) is 3.75. The molecule has 2 nitrogen and oxygen atoms in total. The Morgan fingerprint density at radius 1 is 1.19 bits per heavy atom. The topological polar surface area (TPSA) is 40.5 Å². The van der Waals surface area contributed by atoms with Crippen molar-refractivity contribution < 1.29 is 14.6 Å². The fraction of sp³-hybridized carbons (Fsp3) is 0.667. The Bertz CT molecular complexity index is 585. The molecule has 0 saturated heterocycles. The monoisotopic (exact) mass is 290 g/mol. The normalized spacial score (nSPS) is 41.3. The van der Waals surface area contributed by atoms with Crippen LogP contribution < -0.4 is 0 Å². The highest BCUT2D eigenvalue weighted by Gasteiger charge is 2.54. The SMILES string of the molecule is C[C@]12CCC3c4cc(F)c(O)cc4CCC3C1CC[C@@H]2O. The van der Waals surface area contributed by atoms with Gasteiger partial charge in [-0.15, -0.1) is 0 Å². The lowest BCUT2D eigenvalue weighted by atomic mass is 9.55. The number of rotatable bonds is 0. The van der Waals surface area contributed by atoms with Crippen LogP contribution in [0.5, 0.6) is 5.75 Å². The van der Waals surface area contributed by atoms with E-state index in [9.17, 15) is 14.6 Å². The van der Waals surface area contributed by atoms with Gasteiger partial charge < -0.3 is 10.2 Å². The van der Waals surface area contributed by atoms with E-state index in [0.29, 0.717) is 17.8 Å². The highest BCUT2D eigenvalue weighted by atomic mass is 19.1. The molecular weight excluding hydrogens is 267 g/mol. The smallest absolute Gasteiger partial charge is 0.165 e. The standard InChI is InChI=1S/C18H23FO2/c1-18-7-6-11-12(14(18)4-5-17(18)21)3-2-10-8-16(20)15(19)9-13(10)11/h8-9,11-12,14,17,20-21H,2-7H2,1H3/t11?,12?,14?,17-,18-/m0/s1. The molecule has 2 N–H and O–H groups in total. The summed E-state index contributed by atoms with van der Waals surface area (Å²) in [6.07, 6.45) is 5.95. The van der Waals surface area contributed by atoms with Gasteiger partial charge >= 0.3 is 0 Å². The minimum Gasteiger partial charge on any atom is -0.505 e. The zero-order chi connectivity index (χ0) is 14.8. The van der Waals surface area contributed by atoms with E-state index < -0.39 is 5.82 Å². The van der Waals surface area contributed by atoms with Gasteiger partial charge in [0.05, 0.1) is 6.10 Å². The number of aliphatic hydroxyl groups excluding tert-OH is 1. The van der Waals surface area contributed by atoms with E-state index in [1.165, 1.54) is 0 Å². The van der Waals surface area contributed by atoms with E-state index >= 15 is 0 Å². The van der Waals surface area contributed by atoms with Crippen LogP contribution in [0.15, 0.2) is 12.1 Å². The lowest BCUT2D eigenvalue weighted by Gasteiger charge is -2.50. The van der Waals surface area contributed by atoms with Gasteiger partial charge in [-0.1, -0.05) is 6.92 Å². The van der Waals surface area contributed by atoms with E-state index in [0.717, 1.165) is 49.7 Å². The Kier molecular flexibility index (Phi) is 2.88. The largest absolute Gasteiger partial charge is 0.505 e. The number of phenols is 1. The van der Waals surface area contributed by atoms with Gasteiger partial charge in [-0.2, -0.15) is 0 Å². The van der Waals surface area contributed by atoms with E-state index in [2.05, 4.69) is 6.92 Å². The molecule has 0 spiro atoms. The Morgan fingerprint density at radius 2 is 2.00 bits per heavy atom. The molecule has 0 amide bonds. The van der Waals surface area contributed by atoms with Gasteiger partial charge in [0, 0.05) is 0 Å². The molecule has 5 atom stereocenters. The summed E-state index contributed by atoms with van der Waals surface area (Å²) >= 11 is 0. The predicted molar refractivity (Wildman–Crippen MR) is 78.7 cm³/mol. The van der Waals surface area contributed by atoms with Crippen LogP contribution in [0.4, 0.5) is 4.39 Å². The van der Waals surface area contributed by atoms with Crippen molar-refractivity contribution in [1.82, 2.24) is 0 Å². The van der Waals surface area contributed by atoms with Gasteiger partial charge in [0.25, 0.3) is 0 Å². The minimum absolute atomic E-state index is 0.0636. The van der Waals surface area contributed by atoms with Gasteiger partial charge in [0.2, 0.25) is 0 Å². The second kappa shape index (κ2) is 4.45. The highest BCUT2D eigenvalue weighted by Crippen LogP contribution is 2.60. The molecule has 3 aliphatic rings. The van der Waals surface area contributed by atoms with Crippen LogP contribution in [0, 0.1) is 23.1 Å². The van der Waals surface area contributed by atoms with Crippen LogP contribution >= 0.6 is 0 Å². The van der Waals surface area contributed by atoms with E-state index in [1.807, 2.05) is 0 Å². The van der Waals surface area contributed by atoms with Crippen molar-refractivity contribution in [1.29, 1.82) is 0 Å². The molecule has 2 saturated carbocycles. The first-order valence-corrected chi connectivity index (χ1v) is 8.20. The average molecular weight is 290 g/mol. The Morgan fingerprint density at radius 3 is 2.81 bits per heavy atom. The molecule has 0 heterocycles. The number of halogens is 1. The third kappa shape index (κ3) is 1.79. The Balaban J connectivity index is 1.73. The summed E-state index contributed by atoms with van der Waals surface area (Å²) in [5.74, 6) is 0.833. The molecule has 3 aliphatic carbocycles. The molecule has 1 aromatic rings. The molecule has 3 heteroatoms. The summed E-state index contributed by atoms with van der Waals surface area (Å²) in [4.78, 5) is 0. The number of hydrogen-bond acceptors (Lipinski definition) is 2. The zero-order valence-electron chi connectivity index (χ0n) is 12.5. The maximum Gasteiger partial charge on any atom is 0.165 e. The lowest BCUT2D eigenvalue weighted by molar-refractivity contribution is -0.0226. The first-order chi connectivity index (χ1) is 10.0. The zero-order valence-corrected chi connectivity index (χ0v) is 12.5. The third-order valence-electron chi connectivity index (χ3n) is 6.74. The van der Waals surface area contributed by atoms with Crippen molar-refractivity contribution in [2.45, 2.75) is 57.5 Å². The molecule has 0 radical (unpaired) electrons. The fourth-order valence-electron chi connectivity index (χ4n) is 5.55. The number of aliphatic hydroxyl groups is 1. The van der Waals surface area contributed by atoms with Gasteiger partial charge in [-0.05, 0) is 85.0 Å². The molecule has 0 bridgehead atoms. The quantitative estimate of drug-likeness (QED) is 0.764. The van der Waals surface area contributed by atoms with Gasteiger partial charge in [0.1, 0.15) is 0 Å². The number of hydrogen-bond donors (Lipinski definition) is 2. The molecule has 3 unspecified atom stereocenters. The van der Waals surface area contributed by atoms with E-state index in [1.54, 1.807) is 12.1 Å². The maximum absolute atomic E-state index is 13.8. The summed E-state index contributed by atoms with van der Waals surface area (Å²) < 4.78 is 13.8. The minimum atomic E-state index is -0.491. The average Bonchev–Trinajstić information content (AvgIpc) is 2.76. The molecule has 114 valence electrons. The summed E-state index contributed by atoms with van der Waals surface area (Å²) in [7, 11) is 0. The van der Waals surface area contributed by atoms with E-state index in [-0.39, 0.29) is 17.3 Å². The van der Waals surface area contributed by atoms with Gasteiger partial charge in [-0.25, -0.2) is 4.39 Å². The highest BCUT2D eigenvalue weighted by molar-refractivity contribution is 5.41. The third-order valence-corrected chi connectivity index (χ3v) is 6.74. The Hall–Kier alpha value is -1.09. The molecule has 21 heavy (non-hydrogen) atoms. The van der Waals surface area contributed by atoms with Crippen LogP contribution in [-0.4, -0.2) is 16.3 Å². The first kappa shape index (κ1) is 13.6. The molecular formula is C18H23FO2. The van der Waals surface area contributed by atoms with Crippen molar-refractivity contribution in [3.05, 3.63) is 29.1 Å². The number of aryl methyl sites for hydroxylation is 1. The van der Waals surface area contributed by atoms with Crippen molar-refractivity contribution in [2.24, 2.45) is 17.3 Å². The van der Waals surface area contributed by atoms with Crippen molar-refractivity contribution in [2.75, 3.05) is 0 Å². The summed E-state index contributed by atoms with van der Waals surface area (Å²) in [6.45, 7) is 2.25. The number of fused-ring (bicyclic) bond motifs is 5. The first-order valence-electron chi connectivity index (χ1n) is 8.20. The summed E-state index contributed by atoms with van der Waals surface area (Å²) in [6, 6.07) is 3.19. The fourth-order valence-corrected chi connectivity index (χ4v) is 5.55. The summed E-state index contributed by atoms with van der Waals surface area (Å²) in [5.41, 5.74) is 2.30. The number of phenolic OH excluding ortho intramolecular Hbond substituents is 1. The number of aromatic hydroxyl groups is 1. The van der Waals surface area contributed by atoms with Crippen LogP contribution in [0.3, 0.4) is 0 Å².